The number of carboxylic acid groups (broad SMARTS) is 1. The number of rotatable bonds is 4. The van der Waals surface area contributed by atoms with Gasteiger partial charge in [0.15, 0.2) is 5.78 Å². The van der Waals surface area contributed by atoms with Gasteiger partial charge in [-0.3, -0.25) is 9.59 Å². The first kappa shape index (κ1) is 17.7. The normalized spacial score (nSPS) is 49.6. The molecule has 146 valence electrons. The molecular formula is C23H30O4. The summed E-state index contributed by atoms with van der Waals surface area (Å²) in [5.41, 5.74) is 0.281. The van der Waals surface area contributed by atoms with E-state index < -0.39 is 11.6 Å². The van der Waals surface area contributed by atoms with Crippen LogP contribution in [0.1, 0.15) is 58.3 Å². The summed E-state index contributed by atoms with van der Waals surface area (Å²) in [6.07, 6.45) is 12.6. The molecule has 3 saturated carbocycles. The number of aliphatic carboxylic acids is 1. The van der Waals surface area contributed by atoms with Crippen LogP contribution in [-0.2, 0) is 9.59 Å². The van der Waals surface area contributed by atoms with Crippen LogP contribution in [0.3, 0.4) is 0 Å². The second kappa shape index (κ2) is 5.79. The number of carbonyl (C=O) groups is 2. The van der Waals surface area contributed by atoms with Gasteiger partial charge in [0.05, 0.1) is 5.60 Å². The zero-order valence-corrected chi connectivity index (χ0v) is 16.1. The molecule has 5 aliphatic carbocycles. The Morgan fingerprint density at radius 3 is 2.85 bits per heavy atom. The maximum atomic E-state index is 11.8. The van der Waals surface area contributed by atoms with Gasteiger partial charge < -0.3 is 10.2 Å². The van der Waals surface area contributed by atoms with Gasteiger partial charge in [-0.05, 0) is 85.7 Å². The first-order chi connectivity index (χ1) is 12.9. The monoisotopic (exact) mass is 370 g/mol. The summed E-state index contributed by atoms with van der Waals surface area (Å²) in [5, 5.41) is 21.0. The third kappa shape index (κ3) is 2.25. The molecule has 0 aliphatic heterocycles. The molecule has 0 saturated heterocycles. The van der Waals surface area contributed by atoms with E-state index in [1.165, 1.54) is 5.57 Å². The van der Waals surface area contributed by atoms with E-state index >= 15 is 0 Å². The van der Waals surface area contributed by atoms with E-state index in [1.807, 2.05) is 6.08 Å². The summed E-state index contributed by atoms with van der Waals surface area (Å²) in [6.45, 7) is 2.20. The molecule has 0 radical (unpaired) electrons. The van der Waals surface area contributed by atoms with E-state index in [2.05, 4.69) is 19.1 Å². The average Bonchev–Trinajstić information content (AvgIpc) is 3.41. The minimum Gasteiger partial charge on any atom is -0.481 e. The predicted molar refractivity (Wildman–Crippen MR) is 101 cm³/mol. The van der Waals surface area contributed by atoms with Gasteiger partial charge in [0.25, 0.3) is 0 Å². The molecule has 0 bridgehead atoms. The van der Waals surface area contributed by atoms with Crippen LogP contribution in [0.5, 0.6) is 0 Å². The third-order valence-electron chi connectivity index (χ3n) is 9.08. The number of hydrogen-bond donors (Lipinski definition) is 2. The van der Waals surface area contributed by atoms with Crippen molar-refractivity contribution in [1.29, 1.82) is 0 Å². The van der Waals surface area contributed by atoms with Crippen molar-refractivity contribution >= 4 is 11.8 Å². The summed E-state index contributed by atoms with van der Waals surface area (Å²) in [4.78, 5) is 23.1. The van der Waals surface area contributed by atoms with Crippen molar-refractivity contribution in [2.75, 3.05) is 0 Å². The highest BCUT2D eigenvalue weighted by Gasteiger charge is 2.76. The molecule has 0 aromatic rings. The Morgan fingerprint density at radius 1 is 1.30 bits per heavy atom. The summed E-state index contributed by atoms with van der Waals surface area (Å²) in [6, 6.07) is 0. The average molecular weight is 370 g/mol. The number of carbonyl (C=O) groups excluding carboxylic acids is 1. The highest BCUT2D eigenvalue weighted by atomic mass is 16.4. The molecule has 5 aliphatic rings. The fourth-order valence-electron chi connectivity index (χ4n) is 8.02. The van der Waals surface area contributed by atoms with Crippen molar-refractivity contribution in [3.63, 3.8) is 0 Å². The number of allylic oxidation sites excluding steroid dienone is 4. The van der Waals surface area contributed by atoms with Crippen molar-refractivity contribution in [3.8, 4) is 0 Å². The maximum absolute atomic E-state index is 11.8. The molecule has 0 spiro atoms. The zero-order chi connectivity index (χ0) is 19.0. The minimum atomic E-state index is -0.813. The van der Waals surface area contributed by atoms with Crippen LogP contribution in [0, 0.1) is 40.9 Å². The Balaban J connectivity index is 1.51. The van der Waals surface area contributed by atoms with Gasteiger partial charge in [-0.2, -0.15) is 0 Å². The van der Waals surface area contributed by atoms with E-state index in [1.54, 1.807) is 0 Å². The maximum Gasteiger partial charge on any atom is 0.303 e. The topological polar surface area (TPSA) is 74.6 Å². The number of ketones is 1. The van der Waals surface area contributed by atoms with Gasteiger partial charge in [-0.25, -0.2) is 0 Å². The Kier molecular flexibility index (Phi) is 3.79. The highest BCUT2D eigenvalue weighted by Crippen LogP contribution is 2.77. The molecule has 4 nitrogen and oxygen atoms in total. The van der Waals surface area contributed by atoms with Crippen molar-refractivity contribution in [2.24, 2.45) is 40.9 Å². The standard InChI is InChI=1S/C23H30O4/c1-2-22-9-7-16-15-6-4-14(24)11-13(15)3-5-17(16)21(22)18-12-19(18)23(22,27)10-8-20(25)26/h3,5,11,15-19,21,27H,2,4,6-10,12H2,1H3,(H,25,26)/t15-,16+,17+,18-,19+,21+,22-,23-/m0/s1. The number of aliphatic hydroxyl groups is 1. The van der Waals surface area contributed by atoms with Crippen LogP contribution in [0.15, 0.2) is 23.8 Å². The Morgan fingerprint density at radius 2 is 2.11 bits per heavy atom. The molecule has 5 rings (SSSR count). The summed E-state index contributed by atoms with van der Waals surface area (Å²) >= 11 is 0. The van der Waals surface area contributed by atoms with Crippen molar-refractivity contribution in [2.45, 2.75) is 63.9 Å². The van der Waals surface area contributed by atoms with Crippen molar-refractivity contribution in [3.05, 3.63) is 23.8 Å². The van der Waals surface area contributed by atoms with E-state index in [0.29, 0.717) is 48.3 Å². The number of fused-ring (bicyclic) bond motifs is 7. The van der Waals surface area contributed by atoms with E-state index in [9.17, 15) is 19.8 Å². The molecule has 0 aromatic carbocycles. The smallest absolute Gasteiger partial charge is 0.303 e. The molecule has 3 fully saturated rings. The lowest BCUT2D eigenvalue weighted by Crippen LogP contribution is -2.56. The first-order valence-electron chi connectivity index (χ1n) is 10.8. The summed E-state index contributed by atoms with van der Waals surface area (Å²) in [7, 11) is 0. The Hall–Kier alpha value is -1.42. The van der Waals surface area contributed by atoms with Crippen molar-refractivity contribution < 1.29 is 19.8 Å². The van der Waals surface area contributed by atoms with Crippen LogP contribution in [0.4, 0.5) is 0 Å². The highest BCUT2D eigenvalue weighted by molar-refractivity contribution is 5.91. The quantitative estimate of drug-likeness (QED) is 0.790. The van der Waals surface area contributed by atoms with Gasteiger partial charge in [-0.15, -0.1) is 0 Å². The lowest BCUT2D eigenvalue weighted by atomic mass is 9.49. The number of hydrogen-bond acceptors (Lipinski definition) is 3. The Labute approximate surface area is 160 Å². The van der Waals surface area contributed by atoms with E-state index in [-0.39, 0.29) is 17.6 Å². The molecule has 0 unspecified atom stereocenters. The lowest BCUT2D eigenvalue weighted by Gasteiger charge is -2.57. The van der Waals surface area contributed by atoms with Crippen LogP contribution >= 0.6 is 0 Å². The van der Waals surface area contributed by atoms with Crippen LogP contribution < -0.4 is 0 Å². The summed E-state index contributed by atoms with van der Waals surface area (Å²) < 4.78 is 0. The van der Waals surface area contributed by atoms with E-state index in [4.69, 9.17) is 0 Å². The molecule has 0 heterocycles. The second-order valence-electron chi connectivity index (χ2n) is 9.75. The third-order valence-corrected chi connectivity index (χ3v) is 9.08. The fraction of sp³-hybridized carbons (Fsp3) is 0.739. The van der Waals surface area contributed by atoms with Gasteiger partial charge in [-0.1, -0.05) is 19.1 Å². The summed E-state index contributed by atoms with van der Waals surface area (Å²) in [5.74, 6) is 2.33. The molecular weight excluding hydrogens is 340 g/mol. The molecule has 0 amide bonds. The van der Waals surface area contributed by atoms with E-state index in [0.717, 1.165) is 32.1 Å². The molecule has 27 heavy (non-hydrogen) atoms. The fourth-order valence-corrected chi connectivity index (χ4v) is 8.02. The van der Waals surface area contributed by atoms with Gasteiger partial charge in [0, 0.05) is 18.3 Å². The van der Waals surface area contributed by atoms with Gasteiger partial charge in [0.1, 0.15) is 0 Å². The first-order valence-corrected chi connectivity index (χ1v) is 10.8. The minimum absolute atomic E-state index is 0.0652. The van der Waals surface area contributed by atoms with Crippen LogP contribution in [0.25, 0.3) is 0 Å². The molecule has 0 aromatic heterocycles. The second-order valence-corrected chi connectivity index (χ2v) is 9.75. The lowest BCUT2D eigenvalue weighted by molar-refractivity contribution is -0.155. The molecule has 8 atom stereocenters. The van der Waals surface area contributed by atoms with Crippen LogP contribution in [-0.4, -0.2) is 27.6 Å². The largest absolute Gasteiger partial charge is 0.481 e. The van der Waals surface area contributed by atoms with Gasteiger partial charge in [0.2, 0.25) is 0 Å². The van der Waals surface area contributed by atoms with Crippen molar-refractivity contribution in [1.82, 2.24) is 0 Å². The Bertz CT molecular complexity index is 751. The predicted octanol–water partition coefficient (Wildman–Crippen LogP) is 3.75. The van der Waals surface area contributed by atoms with Gasteiger partial charge >= 0.3 is 5.97 Å². The number of carboxylic acids is 1. The SMILES string of the molecule is CC[C@]12CC[C@H]3[C@@H](C=CC4=CC(=O)CC[C@@H]43)[C@@H]1[C@H]1C[C@H]1[C@@]2(O)CCC(=O)O. The van der Waals surface area contributed by atoms with Crippen LogP contribution in [0.2, 0.25) is 0 Å². The molecule has 2 N–H and O–H groups in total. The molecule has 4 heteroatoms. The zero-order valence-electron chi connectivity index (χ0n) is 16.1.